The summed E-state index contributed by atoms with van der Waals surface area (Å²) >= 11 is 9.38. The zero-order chi connectivity index (χ0) is 18.3. The number of benzene rings is 2. The molecule has 2 aromatic heterocycles. The summed E-state index contributed by atoms with van der Waals surface area (Å²) in [6.07, 6.45) is 0. The van der Waals surface area contributed by atoms with Crippen LogP contribution in [0.5, 0.6) is 0 Å². The third kappa shape index (κ3) is 2.87. The Morgan fingerprint density at radius 2 is 1.73 bits per heavy atom. The first-order valence-electron chi connectivity index (χ1n) is 7.99. The first kappa shape index (κ1) is 17.1. The van der Waals surface area contributed by atoms with Crippen molar-refractivity contribution in [3.8, 4) is 22.5 Å². The average Bonchev–Trinajstić information content (AvgIpc) is 3.09. The maximum Gasteiger partial charge on any atom is 0.264 e. The van der Waals surface area contributed by atoms with Crippen molar-refractivity contribution in [3.63, 3.8) is 0 Å². The first-order valence-corrected chi connectivity index (χ1v) is 9.49. The van der Waals surface area contributed by atoms with Crippen molar-refractivity contribution < 1.29 is 4.52 Å². The molecule has 0 aliphatic heterocycles. The molecule has 0 spiro atoms. The number of fused-ring (bicyclic) bond motifs is 1. The highest BCUT2D eigenvalue weighted by Gasteiger charge is 2.18. The highest BCUT2D eigenvalue weighted by Crippen LogP contribution is 2.29. The van der Waals surface area contributed by atoms with Gasteiger partial charge in [-0.3, -0.25) is 4.79 Å². The second kappa shape index (κ2) is 6.74. The van der Waals surface area contributed by atoms with Crippen molar-refractivity contribution in [2.45, 2.75) is 5.33 Å². The molecule has 0 bridgehead atoms. The molecule has 0 atom stereocenters. The Morgan fingerprint density at radius 3 is 2.38 bits per heavy atom. The maximum atomic E-state index is 13.0. The Kier molecular flexibility index (Phi) is 4.42. The van der Waals surface area contributed by atoms with Crippen molar-refractivity contribution >= 4 is 38.5 Å². The van der Waals surface area contributed by atoms with Crippen molar-refractivity contribution in [3.05, 3.63) is 75.5 Å². The number of nitrogens with zero attached hydrogens (tertiary/aromatic N) is 2. The van der Waals surface area contributed by atoms with E-state index in [0.29, 0.717) is 21.7 Å². The van der Waals surface area contributed by atoms with Crippen LogP contribution in [0, 0.1) is 0 Å². The molecule has 0 aliphatic rings. The standard InChI is InChI=1S/C20H14BrClN2O2/c1-24-16(13-4-2-12(11-21)3-5-13)10-17-18(20(24)25)19(23-26-17)14-6-8-15(22)9-7-14/h2-10H,11H2,1H3. The minimum Gasteiger partial charge on any atom is -0.355 e. The minimum absolute atomic E-state index is 0.145. The molecule has 4 rings (SSSR count). The van der Waals surface area contributed by atoms with Crippen LogP contribution in [-0.2, 0) is 12.4 Å². The lowest BCUT2D eigenvalue weighted by molar-refractivity contribution is 0.459. The van der Waals surface area contributed by atoms with E-state index >= 15 is 0 Å². The van der Waals surface area contributed by atoms with E-state index in [-0.39, 0.29) is 5.56 Å². The van der Waals surface area contributed by atoms with E-state index in [4.69, 9.17) is 16.1 Å². The molecule has 4 aromatic rings. The molecule has 0 aliphatic carbocycles. The smallest absolute Gasteiger partial charge is 0.264 e. The van der Waals surface area contributed by atoms with Crippen LogP contribution in [0.4, 0.5) is 0 Å². The fraction of sp³-hybridized carbons (Fsp3) is 0.100. The highest BCUT2D eigenvalue weighted by molar-refractivity contribution is 9.08. The average molecular weight is 430 g/mol. The number of aromatic nitrogens is 2. The van der Waals surface area contributed by atoms with Crippen LogP contribution in [0.2, 0.25) is 5.02 Å². The van der Waals surface area contributed by atoms with Gasteiger partial charge in [0.25, 0.3) is 5.56 Å². The third-order valence-corrected chi connectivity index (χ3v) is 5.29. The summed E-state index contributed by atoms with van der Waals surface area (Å²) in [5.74, 6) is 0. The Hall–Kier alpha value is -2.37. The van der Waals surface area contributed by atoms with Crippen molar-refractivity contribution in [1.82, 2.24) is 9.72 Å². The Labute approximate surface area is 163 Å². The summed E-state index contributed by atoms with van der Waals surface area (Å²) in [5, 5.41) is 6.01. The lowest BCUT2D eigenvalue weighted by atomic mass is 10.1. The number of hydrogen-bond acceptors (Lipinski definition) is 3. The molecular weight excluding hydrogens is 416 g/mol. The summed E-state index contributed by atoms with van der Waals surface area (Å²) in [6.45, 7) is 0. The van der Waals surface area contributed by atoms with Crippen molar-refractivity contribution in [1.29, 1.82) is 0 Å². The molecule has 0 saturated heterocycles. The molecule has 0 saturated carbocycles. The van der Waals surface area contributed by atoms with Gasteiger partial charge in [-0.1, -0.05) is 69.1 Å². The largest absolute Gasteiger partial charge is 0.355 e. The number of halogens is 2. The van der Waals surface area contributed by atoms with E-state index in [1.54, 1.807) is 23.7 Å². The summed E-state index contributed by atoms with van der Waals surface area (Å²) in [4.78, 5) is 13.0. The van der Waals surface area contributed by atoms with Gasteiger partial charge in [0.1, 0.15) is 11.1 Å². The van der Waals surface area contributed by atoms with Crippen LogP contribution in [0.15, 0.2) is 63.9 Å². The quantitative estimate of drug-likeness (QED) is 0.409. The summed E-state index contributed by atoms with van der Waals surface area (Å²) in [7, 11) is 1.76. The van der Waals surface area contributed by atoms with Gasteiger partial charge in [-0.05, 0) is 23.3 Å². The molecule has 4 nitrogen and oxygen atoms in total. The molecule has 130 valence electrons. The van der Waals surface area contributed by atoms with E-state index < -0.39 is 0 Å². The molecule has 26 heavy (non-hydrogen) atoms. The van der Waals surface area contributed by atoms with E-state index in [9.17, 15) is 4.79 Å². The zero-order valence-electron chi connectivity index (χ0n) is 13.9. The third-order valence-electron chi connectivity index (χ3n) is 4.39. The first-order chi connectivity index (χ1) is 12.6. The summed E-state index contributed by atoms with van der Waals surface area (Å²) in [6, 6.07) is 17.1. The fourth-order valence-corrected chi connectivity index (χ4v) is 3.45. The number of hydrogen-bond donors (Lipinski definition) is 0. The molecule has 6 heteroatoms. The molecular formula is C20H14BrClN2O2. The van der Waals surface area contributed by atoms with Crippen LogP contribution in [0.25, 0.3) is 33.5 Å². The number of rotatable bonds is 3. The summed E-state index contributed by atoms with van der Waals surface area (Å²) in [5.41, 5.74) is 4.54. The van der Waals surface area contributed by atoms with Crippen LogP contribution < -0.4 is 5.56 Å². The van der Waals surface area contributed by atoms with Crippen LogP contribution in [0.1, 0.15) is 5.56 Å². The van der Waals surface area contributed by atoms with Crippen LogP contribution >= 0.6 is 27.5 Å². The van der Waals surface area contributed by atoms with E-state index in [1.807, 2.05) is 42.5 Å². The lowest BCUT2D eigenvalue weighted by Gasteiger charge is -2.09. The molecule has 0 N–H and O–H groups in total. The van der Waals surface area contributed by atoms with Gasteiger partial charge in [0, 0.05) is 29.0 Å². The highest BCUT2D eigenvalue weighted by atomic mass is 79.9. The molecule has 2 heterocycles. The molecule has 0 unspecified atom stereocenters. The number of pyridine rings is 1. The van der Waals surface area contributed by atoms with Gasteiger partial charge in [0.2, 0.25) is 0 Å². The maximum absolute atomic E-state index is 13.0. The van der Waals surface area contributed by atoms with Crippen LogP contribution in [-0.4, -0.2) is 9.72 Å². The summed E-state index contributed by atoms with van der Waals surface area (Å²) < 4.78 is 7.10. The Bertz CT molecular complexity index is 1150. The molecule has 0 fully saturated rings. The van der Waals surface area contributed by atoms with Gasteiger partial charge in [0.15, 0.2) is 5.58 Å². The lowest BCUT2D eigenvalue weighted by Crippen LogP contribution is -2.18. The predicted molar refractivity (Wildman–Crippen MR) is 108 cm³/mol. The number of alkyl halides is 1. The van der Waals surface area contributed by atoms with Crippen molar-refractivity contribution in [2.24, 2.45) is 7.05 Å². The van der Waals surface area contributed by atoms with Crippen LogP contribution in [0.3, 0.4) is 0 Å². The van der Waals surface area contributed by atoms with E-state index in [1.165, 1.54) is 5.56 Å². The predicted octanol–water partition coefficient (Wildman–Crippen LogP) is 5.41. The van der Waals surface area contributed by atoms with Gasteiger partial charge < -0.3 is 9.09 Å². The van der Waals surface area contributed by atoms with Gasteiger partial charge >= 0.3 is 0 Å². The minimum atomic E-state index is -0.145. The fourth-order valence-electron chi connectivity index (χ4n) is 2.95. The molecule has 0 radical (unpaired) electrons. The van der Waals surface area contributed by atoms with Gasteiger partial charge in [0.05, 0.1) is 5.69 Å². The second-order valence-electron chi connectivity index (χ2n) is 6.00. The zero-order valence-corrected chi connectivity index (χ0v) is 16.2. The second-order valence-corrected chi connectivity index (χ2v) is 7.00. The molecule has 0 amide bonds. The van der Waals surface area contributed by atoms with Gasteiger partial charge in [-0.2, -0.15) is 0 Å². The SMILES string of the molecule is Cn1c(-c2ccc(CBr)cc2)cc2onc(-c3ccc(Cl)cc3)c2c1=O. The van der Waals surface area contributed by atoms with Gasteiger partial charge in [-0.15, -0.1) is 0 Å². The normalized spacial score (nSPS) is 11.2. The Morgan fingerprint density at radius 1 is 1.08 bits per heavy atom. The topological polar surface area (TPSA) is 48.0 Å². The molecule has 2 aromatic carbocycles. The van der Waals surface area contributed by atoms with E-state index in [0.717, 1.165) is 22.2 Å². The van der Waals surface area contributed by atoms with Crippen molar-refractivity contribution in [2.75, 3.05) is 0 Å². The monoisotopic (exact) mass is 428 g/mol. The van der Waals surface area contributed by atoms with Gasteiger partial charge in [-0.25, -0.2) is 0 Å². The van der Waals surface area contributed by atoms with E-state index in [2.05, 4.69) is 21.1 Å². The Balaban J connectivity index is 1.90.